The summed E-state index contributed by atoms with van der Waals surface area (Å²) >= 11 is 0. The molecule has 0 aliphatic carbocycles. The molecule has 1 saturated heterocycles. The monoisotopic (exact) mass is 404 g/mol. The summed E-state index contributed by atoms with van der Waals surface area (Å²) in [6.45, 7) is 2.06. The van der Waals surface area contributed by atoms with E-state index < -0.39 is 6.04 Å². The highest BCUT2D eigenvalue weighted by molar-refractivity contribution is 6.05. The Hall–Kier alpha value is -3.35. The molecule has 2 aromatic rings. The van der Waals surface area contributed by atoms with Crippen LogP contribution in [0.1, 0.15) is 46.3 Å². The van der Waals surface area contributed by atoms with Crippen molar-refractivity contribution in [2.24, 2.45) is 0 Å². The number of hydrogen-bond donors (Lipinski definition) is 2. The Balaban J connectivity index is 1.37. The molecule has 0 radical (unpaired) electrons. The van der Waals surface area contributed by atoms with Gasteiger partial charge in [0, 0.05) is 43.0 Å². The van der Waals surface area contributed by atoms with Gasteiger partial charge in [0.2, 0.25) is 11.8 Å². The zero-order valence-corrected chi connectivity index (χ0v) is 16.7. The summed E-state index contributed by atoms with van der Waals surface area (Å²) in [4.78, 5) is 40.6. The first-order valence-electron chi connectivity index (χ1n) is 10.4. The Labute approximate surface area is 174 Å². The number of piperidine rings is 1. The van der Waals surface area contributed by atoms with Crippen LogP contribution in [0.5, 0.6) is 0 Å². The number of fused-ring (bicyclic) bond motifs is 2. The lowest BCUT2D eigenvalue weighted by atomic mass is 9.99. The number of anilines is 2. The van der Waals surface area contributed by atoms with Gasteiger partial charge in [0.25, 0.3) is 5.91 Å². The Bertz CT molecular complexity index is 1060. The number of nitrogen functional groups attached to an aromatic ring is 1. The van der Waals surface area contributed by atoms with Gasteiger partial charge in [-0.05, 0) is 54.2 Å². The molecule has 5 rings (SSSR count). The van der Waals surface area contributed by atoms with Crippen molar-refractivity contribution >= 4 is 29.1 Å². The van der Waals surface area contributed by atoms with Crippen molar-refractivity contribution in [2.75, 3.05) is 17.2 Å². The fourth-order valence-electron chi connectivity index (χ4n) is 4.75. The number of carbonyl (C=O) groups is 3. The number of carbonyl (C=O) groups excluding carboxylic acids is 3. The van der Waals surface area contributed by atoms with E-state index in [1.807, 2.05) is 24.3 Å². The summed E-state index contributed by atoms with van der Waals surface area (Å²) in [6.07, 6.45) is 2.78. The predicted molar refractivity (Wildman–Crippen MR) is 113 cm³/mol. The van der Waals surface area contributed by atoms with Crippen LogP contribution in [0, 0.1) is 0 Å². The van der Waals surface area contributed by atoms with Crippen molar-refractivity contribution in [1.29, 1.82) is 0 Å². The van der Waals surface area contributed by atoms with Gasteiger partial charge in [-0.25, -0.2) is 0 Å². The largest absolute Gasteiger partial charge is 0.399 e. The number of nitrogens with zero attached hydrogens (tertiary/aromatic N) is 2. The van der Waals surface area contributed by atoms with Gasteiger partial charge in [-0.2, -0.15) is 0 Å². The Morgan fingerprint density at radius 1 is 1.03 bits per heavy atom. The van der Waals surface area contributed by atoms with E-state index in [4.69, 9.17) is 5.73 Å². The van der Waals surface area contributed by atoms with Gasteiger partial charge in [-0.1, -0.05) is 18.2 Å². The lowest BCUT2D eigenvalue weighted by Crippen LogP contribution is -2.52. The maximum absolute atomic E-state index is 13.0. The lowest BCUT2D eigenvalue weighted by Gasteiger charge is -2.31. The van der Waals surface area contributed by atoms with Crippen LogP contribution in [0.25, 0.3) is 0 Å². The van der Waals surface area contributed by atoms with Crippen molar-refractivity contribution in [3.63, 3.8) is 0 Å². The molecule has 0 aromatic heterocycles. The fourth-order valence-corrected chi connectivity index (χ4v) is 4.75. The first kappa shape index (κ1) is 18.7. The highest BCUT2D eigenvalue weighted by Crippen LogP contribution is 2.32. The minimum absolute atomic E-state index is 0.135. The molecular formula is C23H24N4O3. The van der Waals surface area contributed by atoms with Crippen LogP contribution in [-0.2, 0) is 29.1 Å². The first-order valence-corrected chi connectivity index (χ1v) is 10.4. The van der Waals surface area contributed by atoms with E-state index in [0.717, 1.165) is 36.2 Å². The maximum Gasteiger partial charge on any atom is 0.255 e. The molecule has 3 aliphatic heterocycles. The number of imide groups is 1. The number of benzene rings is 2. The van der Waals surface area contributed by atoms with E-state index in [9.17, 15) is 14.4 Å². The standard InChI is InChI=1S/C23H24N4O3/c24-17-6-5-15-2-1-9-26(20(15)11-17)12-14-3-4-16-13-27(23(30)18(16)10-14)19-7-8-21(28)25-22(19)29/h3-6,10-11,19H,1-2,7-9,12-13,24H2,(H,25,28,29). The number of nitrogens with one attached hydrogen (secondary N) is 1. The maximum atomic E-state index is 13.0. The van der Waals surface area contributed by atoms with Crippen LogP contribution < -0.4 is 16.0 Å². The van der Waals surface area contributed by atoms with Gasteiger partial charge >= 0.3 is 0 Å². The van der Waals surface area contributed by atoms with Crippen molar-refractivity contribution in [3.8, 4) is 0 Å². The summed E-state index contributed by atoms with van der Waals surface area (Å²) < 4.78 is 0. The van der Waals surface area contributed by atoms with Crippen molar-refractivity contribution < 1.29 is 14.4 Å². The molecule has 0 saturated carbocycles. The second kappa shape index (κ2) is 7.16. The molecule has 7 heteroatoms. The first-order chi connectivity index (χ1) is 14.5. The van der Waals surface area contributed by atoms with Gasteiger partial charge in [-0.15, -0.1) is 0 Å². The van der Waals surface area contributed by atoms with Gasteiger partial charge in [0.15, 0.2) is 0 Å². The highest BCUT2D eigenvalue weighted by atomic mass is 16.2. The second-order valence-electron chi connectivity index (χ2n) is 8.30. The zero-order chi connectivity index (χ0) is 20.8. The summed E-state index contributed by atoms with van der Waals surface area (Å²) in [5.41, 5.74) is 11.9. The molecule has 1 fully saturated rings. The highest BCUT2D eigenvalue weighted by Gasteiger charge is 2.39. The van der Waals surface area contributed by atoms with Gasteiger partial charge < -0.3 is 15.5 Å². The van der Waals surface area contributed by atoms with Crippen LogP contribution in [0.3, 0.4) is 0 Å². The third-order valence-electron chi connectivity index (χ3n) is 6.29. The number of rotatable bonds is 3. The lowest BCUT2D eigenvalue weighted by molar-refractivity contribution is -0.136. The quantitative estimate of drug-likeness (QED) is 0.603. The molecule has 1 unspecified atom stereocenters. The van der Waals surface area contributed by atoms with E-state index in [1.165, 1.54) is 11.3 Å². The fraction of sp³-hybridized carbons (Fsp3) is 0.348. The third kappa shape index (κ3) is 3.20. The minimum atomic E-state index is -0.581. The van der Waals surface area contributed by atoms with Crippen LogP contribution in [-0.4, -0.2) is 35.2 Å². The summed E-state index contributed by atoms with van der Waals surface area (Å²) in [5, 5.41) is 2.34. The molecule has 3 heterocycles. The molecular weight excluding hydrogens is 380 g/mol. The number of hydrogen-bond acceptors (Lipinski definition) is 5. The van der Waals surface area contributed by atoms with E-state index in [-0.39, 0.29) is 24.1 Å². The Morgan fingerprint density at radius 3 is 2.70 bits per heavy atom. The molecule has 3 N–H and O–H groups in total. The molecule has 0 bridgehead atoms. The molecule has 0 spiro atoms. The molecule has 3 aliphatic rings. The minimum Gasteiger partial charge on any atom is -0.399 e. The van der Waals surface area contributed by atoms with Crippen LogP contribution in [0.4, 0.5) is 11.4 Å². The summed E-state index contributed by atoms with van der Waals surface area (Å²) in [5.74, 6) is -0.787. The number of nitrogens with two attached hydrogens (primary N) is 1. The smallest absolute Gasteiger partial charge is 0.255 e. The topological polar surface area (TPSA) is 95.7 Å². The SMILES string of the molecule is Nc1ccc2c(c1)N(Cc1ccc3c(c1)C(=O)N(C1CCC(=O)NC1=O)C3)CCC2. The van der Waals surface area contributed by atoms with E-state index in [1.54, 1.807) is 4.90 Å². The normalized spacial score (nSPS) is 20.8. The Morgan fingerprint density at radius 2 is 1.87 bits per heavy atom. The van der Waals surface area contributed by atoms with Crippen LogP contribution in [0.2, 0.25) is 0 Å². The molecule has 3 amide bonds. The van der Waals surface area contributed by atoms with Gasteiger partial charge in [0.05, 0.1) is 0 Å². The molecule has 7 nitrogen and oxygen atoms in total. The third-order valence-corrected chi connectivity index (χ3v) is 6.29. The number of aryl methyl sites for hydroxylation is 1. The summed E-state index contributed by atoms with van der Waals surface area (Å²) in [6, 6.07) is 11.5. The van der Waals surface area contributed by atoms with Crippen LogP contribution >= 0.6 is 0 Å². The van der Waals surface area contributed by atoms with Gasteiger partial charge in [-0.3, -0.25) is 19.7 Å². The van der Waals surface area contributed by atoms with E-state index in [0.29, 0.717) is 25.1 Å². The Kier molecular flexibility index (Phi) is 4.46. The molecule has 154 valence electrons. The van der Waals surface area contributed by atoms with Crippen molar-refractivity contribution in [2.45, 2.75) is 44.8 Å². The van der Waals surface area contributed by atoms with Crippen LogP contribution in [0.15, 0.2) is 36.4 Å². The average Bonchev–Trinajstić information content (AvgIpc) is 3.04. The molecule has 1 atom stereocenters. The average molecular weight is 404 g/mol. The number of amides is 3. The molecule has 30 heavy (non-hydrogen) atoms. The van der Waals surface area contributed by atoms with Crippen molar-refractivity contribution in [3.05, 3.63) is 58.7 Å². The van der Waals surface area contributed by atoms with Crippen molar-refractivity contribution in [1.82, 2.24) is 10.2 Å². The molecule has 2 aromatic carbocycles. The zero-order valence-electron chi connectivity index (χ0n) is 16.7. The van der Waals surface area contributed by atoms with E-state index >= 15 is 0 Å². The van der Waals surface area contributed by atoms with Gasteiger partial charge in [0.1, 0.15) is 6.04 Å². The predicted octanol–water partition coefficient (Wildman–Crippen LogP) is 1.98. The second-order valence-corrected chi connectivity index (χ2v) is 8.30. The van der Waals surface area contributed by atoms with E-state index in [2.05, 4.69) is 22.3 Å². The summed E-state index contributed by atoms with van der Waals surface area (Å²) in [7, 11) is 0.